The van der Waals surface area contributed by atoms with Crippen LogP contribution in [0.2, 0.25) is 0 Å². The van der Waals surface area contributed by atoms with Crippen molar-refractivity contribution >= 4 is 29.2 Å². The van der Waals surface area contributed by atoms with Gasteiger partial charge in [0.2, 0.25) is 0 Å². The highest BCUT2D eigenvalue weighted by atomic mass is 32.1. The van der Waals surface area contributed by atoms with E-state index in [0.717, 1.165) is 64.6 Å². The fraction of sp³-hybridized carbons (Fsp3) is 0.304. The number of hydrogen-bond acceptors (Lipinski definition) is 4. The van der Waals surface area contributed by atoms with Gasteiger partial charge in [-0.05, 0) is 63.3 Å². The fourth-order valence-electron chi connectivity index (χ4n) is 4.00. The first-order valence-corrected chi connectivity index (χ1v) is 10.6. The van der Waals surface area contributed by atoms with Crippen molar-refractivity contribution in [3.05, 3.63) is 63.3 Å². The van der Waals surface area contributed by atoms with E-state index in [9.17, 15) is 9.90 Å². The number of aryl methyl sites for hydroxylation is 2. The van der Waals surface area contributed by atoms with Gasteiger partial charge in [0.15, 0.2) is 0 Å². The van der Waals surface area contributed by atoms with Gasteiger partial charge in [-0.2, -0.15) is 0 Å². The van der Waals surface area contributed by atoms with E-state index >= 15 is 0 Å². The molecule has 0 unspecified atom stereocenters. The number of benzene rings is 1. The van der Waals surface area contributed by atoms with Crippen LogP contribution in [0.3, 0.4) is 0 Å². The second-order valence-electron chi connectivity index (χ2n) is 7.32. The van der Waals surface area contributed by atoms with Crippen molar-refractivity contribution in [2.45, 2.75) is 39.5 Å². The molecule has 0 saturated carbocycles. The average Bonchev–Trinajstić information content (AvgIpc) is 3.23. The van der Waals surface area contributed by atoms with E-state index in [1.165, 1.54) is 4.88 Å². The largest absolute Gasteiger partial charge is 0.497 e. The number of aliphatic imine (C=N–C) groups is 1. The minimum atomic E-state index is -0.835. The summed E-state index contributed by atoms with van der Waals surface area (Å²) >= 11 is 1.63. The van der Waals surface area contributed by atoms with Crippen LogP contribution < -0.4 is 4.74 Å². The van der Waals surface area contributed by atoms with Crippen LogP contribution in [0.15, 0.2) is 35.3 Å². The number of hydrogen-bond donors (Lipinski definition) is 1. The van der Waals surface area contributed by atoms with Gasteiger partial charge in [-0.3, -0.25) is 4.99 Å². The van der Waals surface area contributed by atoms with E-state index in [0.29, 0.717) is 5.56 Å². The molecular weight excluding hydrogens is 384 g/mol. The number of thiophene rings is 1. The highest BCUT2D eigenvalue weighted by Gasteiger charge is 2.27. The van der Waals surface area contributed by atoms with Gasteiger partial charge in [0, 0.05) is 34.1 Å². The maximum absolute atomic E-state index is 12.1. The fourth-order valence-corrected chi connectivity index (χ4v) is 5.49. The molecule has 5 nitrogen and oxygen atoms in total. The molecule has 0 aliphatic heterocycles. The third-order valence-corrected chi connectivity index (χ3v) is 6.72. The van der Waals surface area contributed by atoms with Crippen LogP contribution in [0, 0.1) is 13.8 Å². The minimum Gasteiger partial charge on any atom is -0.497 e. The van der Waals surface area contributed by atoms with Crippen LogP contribution in [-0.2, 0) is 12.8 Å². The summed E-state index contributed by atoms with van der Waals surface area (Å²) in [5.74, 6) is -0.0705. The molecule has 0 amide bonds. The Balaban J connectivity index is 1.76. The Morgan fingerprint density at radius 2 is 2.03 bits per heavy atom. The smallest absolute Gasteiger partial charge is 0.339 e. The van der Waals surface area contributed by atoms with Crippen LogP contribution in [-0.4, -0.2) is 29.0 Å². The third-order valence-electron chi connectivity index (χ3n) is 5.45. The molecule has 3 aromatic rings. The summed E-state index contributed by atoms with van der Waals surface area (Å²) in [7, 11) is 1.64. The number of fused-ring (bicyclic) bond motifs is 1. The lowest BCUT2D eigenvalue weighted by atomic mass is 9.95. The summed E-state index contributed by atoms with van der Waals surface area (Å²) < 4.78 is 7.32. The van der Waals surface area contributed by atoms with E-state index < -0.39 is 5.97 Å². The SMILES string of the molecule is COc1cccc(N=Cc2cc(C)n(-c3sc4c(c3C(=O)O)CCCC4)c2C)c1. The van der Waals surface area contributed by atoms with E-state index in [2.05, 4.69) is 15.6 Å². The molecule has 1 aliphatic carbocycles. The number of carboxylic acids is 1. The molecule has 2 aromatic heterocycles. The summed E-state index contributed by atoms with van der Waals surface area (Å²) in [5.41, 5.74) is 5.30. The molecule has 2 heterocycles. The molecule has 1 aliphatic rings. The Morgan fingerprint density at radius 1 is 1.24 bits per heavy atom. The molecule has 4 rings (SSSR count). The number of aromatic nitrogens is 1. The molecule has 1 N–H and O–H groups in total. The van der Waals surface area contributed by atoms with Gasteiger partial charge < -0.3 is 14.4 Å². The maximum atomic E-state index is 12.1. The zero-order valence-corrected chi connectivity index (χ0v) is 17.7. The number of rotatable bonds is 5. The lowest BCUT2D eigenvalue weighted by Crippen LogP contribution is -2.09. The first-order chi connectivity index (χ1) is 14.0. The summed E-state index contributed by atoms with van der Waals surface area (Å²) in [6, 6.07) is 9.66. The van der Waals surface area contributed by atoms with E-state index in [1.807, 2.05) is 44.3 Å². The highest BCUT2D eigenvalue weighted by molar-refractivity contribution is 7.15. The molecule has 0 atom stereocenters. The number of nitrogens with zero attached hydrogens (tertiary/aromatic N) is 2. The topological polar surface area (TPSA) is 63.8 Å². The first kappa shape index (κ1) is 19.5. The van der Waals surface area contributed by atoms with Crippen molar-refractivity contribution in [1.82, 2.24) is 4.57 Å². The standard InChI is InChI=1S/C23H24N2O3S/c1-14-11-16(13-24-17-7-6-8-18(12-17)28-3)15(2)25(14)22-21(23(26)27)19-9-4-5-10-20(19)29-22/h6-8,11-13H,4-5,9-10H2,1-3H3,(H,26,27). The van der Waals surface area contributed by atoms with Gasteiger partial charge in [-0.25, -0.2) is 4.79 Å². The molecule has 0 saturated heterocycles. The Kier molecular flexibility index (Phi) is 5.28. The third kappa shape index (κ3) is 3.60. The Morgan fingerprint density at radius 3 is 2.79 bits per heavy atom. The molecule has 6 heteroatoms. The van der Waals surface area contributed by atoms with Gasteiger partial charge in [-0.15, -0.1) is 11.3 Å². The Hall–Kier alpha value is -2.86. The van der Waals surface area contributed by atoms with Gasteiger partial charge in [0.05, 0.1) is 18.4 Å². The number of methoxy groups -OCH3 is 1. The zero-order chi connectivity index (χ0) is 20.5. The van der Waals surface area contributed by atoms with Crippen molar-refractivity contribution in [1.29, 1.82) is 0 Å². The number of aromatic carboxylic acids is 1. The van der Waals surface area contributed by atoms with Crippen molar-refractivity contribution in [2.24, 2.45) is 4.99 Å². The highest BCUT2D eigenvalue weighted by Crippen LogP contribution is 2.38. The van der Waals surface area contributed by atoms with Crippen molar-refractivity contribution < 1.29 is 14.6 Å². The number of carboxylic acid groups (broad SMARTS) is 1. The average molecular weight is 409 g/mol. The van der Waals surface area contributed by atoms with Gasteiger partial charge >= 0.3 is 5.97 Å². The maximum Gasteiger partial charge on any atom is 0.339 e. The van der Waals surface area contributed by atoms with Crippen LogP contribution in [0.25, 0.3) is 5.00 Å². The first-order valence-electron chi connectivity index (χ1n) is 9.75. The van der Waals surface area contributed by atoms with E-state index in [-0.39, 0.29) is 0 Å². The molecule has 0 radical (unpaired) electrons. The Bertz CT molecular complexity index is 1110. The van der Waals surface area contributed by atoms with E-state index in [4.69, 9.17) is 4.74 Å². The Labute approximate surface area is 174 Å². The second-order valence-corrected chi connectivity index (χ2v) is 8.40. The van der Waals surface area contributed by atoms with Crippen molar-refractivity contribution in [3.63, 3.8) is 0 Å². The molecule has 0 fully saturated rings. The molecular formula is C23H24N2O3S. The summed E-state index contributed by atoms with van der Waals surface area (Å²) in [4.78, 5) is 17.9. The van der Waals surface area contributed by atoms with Gasteiger partial charge in [0.25, 0.3) is 0 Å². The van der Waals surface area contributed by atoms with Crippen molar-refractivity contribution in [3.8, 4) is 10.8 Å². The quantitative estimate of drug-likeness (QED) is 0.568. The van der Waals surface area contributed by atoms with Crippen molar-refractivity contribution in [2.75, 3.05) is 7.11 Å². The monoisotopic (exact) mass is 408 g/mol. The van der Waals surface area contributed by atoms with Crippen LogP contribution in [0.5, 0.6) is 5.75 Å². The van der Waals surface area contributed by atoms with Gasteiger partial charge in [-0.1, -0.05) is 6.07 Å². The number of ether oxygens (including phenoxy) is 1. The molecule has 0 bridgehead atoms. The van der Waals surface area contributed by atoms with Gasteiger partial charge in [0.1, 0.15) is 10.8 Å². The van der Waals surface area contributed by atoms with Crippen LogP contribution in [0.4, 0.5) is 5.69 Å². The normalized spacial score (nSPS) is 13.6. The predicted octanol–water partition coefficient (Wildman–Crippen LogP) is 5.49. The zero-order valence-electron chi connectivity index (χ0n) is 16.9. The summed E-state index contributed by atoms with van der Waals surface area (Å²) in [6.07, 6.45) is 5.86. The minimum absolute atomic E-state index is 0.475. The number of carbonyl (C=O) groups is 1. The lowest BCUT2D eigenvalue weighted by Gasteiger charge is -2.11. The lowest BCUT2D eigenvalue weighted by molar-refractivity contribution is 0.0696. The second kappa shape index (κ2) is 7.87. The van der Waals surface area contributed by atoms with Crippen LogP contribution in [0.1, 0.15) is 50.6 Å². The predicted molar refractivity (Wildman–Crippen MR) is 117 cm³/mol. The van der Waals surface area contributed by atoms with E-state index in [1.54, 1.807) is 18.4 Å². The molecule has 1 aromatic carbocycles. The summed E-state index contributed by atoms with van der Waals surface area (Å²) in [6.45, 7) is 4.03. The van der Waals surface area contributed by atoms with Crippen LogP contribution >= 0.6 is 11.3 Å². The molecule has 29 heavy (non-hydrogen) atoms. The molecule has 150 valence electrons. The molecule has 0 spiro atoms. The summed E-state index contributed by atoms with van der Waals surface area (Å²) in [5, 5.41) is 10.7.